The molecule has 1 aromatic rings. The summed E-state index contributed by atoms with van der Waals surface area (Å²) in [5, 5.41) is 4.74. The molecule has 0 saturated carbocycles. The Morgan fingerprint density at radius 3 is 1.94 bits per heavy atom. The van der Waals surface area contributed by atoms with Gasteiger partial charge in [0.2, 0.25) is 10.0 Å². The van der Waals surface area contributed by atoms with Gasteiger partial charge in [-0.15, -0.1) is 13.2 Å². The van der Waals surface area contributed by atoms with Gasteiger partial charge in [0.05, 0.1) is 4.90 Å². The summed E-state index contributed by atoms with van der Waals surface area (Å²) < 4.78 is 60.2. The van der Waals surface area contributed by atoms with Gasteiger partial charge in [-0.1, -0.05) is 0 Å². The van der Waals surface area contributed by atoms with Crippen molar-refractivity contribution in [2.45, 2.75) is 11.3 Å². The third-order valence-electron chi connectivity index (χ3n) is 1.39. The first-order valence-electron chi connectivity index (χ1n) is 3.57. The molecule has 0 heterocycles. The predicted molar refractivity (Wildman–Crippen MR) is 45.6 cm³/mol. The largest absolute Gasteiger partial charge is 1.00 e. The molecule has 9 heteroatoms. The number of benzene rings is 1. The molecule has 0 spiro atoms. The Hall–Kier alpha value is 0.356. The minimum absolute atomic E-state index is 0. The monoisotopic (exact) mass is 281 g/mol. The van der Waals surface area contributed by atoms with Gasteiger partial charge in [-0.05, 0) is 24.3 Å². The molecule has 2 N–H and O–H groups in total. The van der Waals surface area contributed by atoms with Gasteiger partial charge in [-0.3, -0.25) is 0 Å². The van der Waals surface area contributed by atoms with Gasteiger partial charge in [0.15, 0.2) is 0 Å². The molecule has 0 aliphatic rings. The zero-order valence-electron chi connectivity index (χ0n) is 9.15. The Morgan fingerprint density at radius 1 is 1.19 bits per heavy atom. The standard InChI is InChI=1S/C7H6F3NO3S.K.H/c8-7(9,10)14-5-1-3-6(4-2-5)15(11,12)13;;/h1-4H,(H2,11,12,13);;/q;+1;-1. The second-order valence-electron chi connectivity index (χ2n) is 2.56. The van der Waals surface area contributed by atoms with Gasteiger partial charge < -0.3 is 6.16 Å². The third kappa shape index (κ3) is 5.62. The molecule has 0 unspecified atom stereocenters. The van der Waals surface area contributed by atoms with Crippen LogP contribution in [0.2, 0.25) is 0 Å². The van der Waals surface area contributed by atoms with E-state index >= 15 is 0 Å². The van der Waals surface area contributed by atoms with Gasteiger partial charge in [0, 0.05) is 0 Å². The van der Waals surface area contributed by atoms with Crippen molar-refractivity contribution in [1.29, 1.82) is 0 Å². The summed E-state index contributed by atoms with van der Waals surface area (Å²) in [4.78, 5) is -0.281. The van der Waals surface area contributed by atoms with Crippen LogP contribution in [0.1, 0.15) is 1.43 Å². The third-order valence-corrected chi connectivity index (χ3v) is 2.32. The van der Waals surface area contributed by atoms with Crippen molar-refractivity contribution in [1.82, 2.24) is 0 Å². The fourth-order valence-electron chi connectivity index (χ4n) is 0.831. The summed E-state index contributed by atoms with van der Waals surface area (Å²) in [5.74, 6) is -0.505. The second-order valence-corrected chi connectivity index (χ2v) is 4.13. The molecule has 0 aliphatic carbocycles. The van der Waals surface area contributed by atoms with E-state index in [2.05, 4.69) is 4.74 Å². The zero-order valence-corrected chi connectivity index (χ0v) is 12.1. The van der Waals surface area contributed by atoms with E-state index in [0.717, 1.165) is 24.3 Å². The van der Waals surface area contributed by atoms with Crippen molar-refractivity contribution >= 4 is 10.0 Å². The van der Waals surface area contributed by atoms with Crippen LogP contribution in [-0.4, -0.2) is 14.8 Å². The van der Waals surface area contributed by atoms with E-state index in [-0.39, 0.29) is 57.7 Å². The number of halogens is 3. The normalized spacial score (nSPS) is 11.8. The molecule has 0 aromatic heterocycles. The summed E-state index contributed by atoms with van der Waals surface area (Å²) in [6.45, 7) is 0. The van der Waals surface area contributed by atoms with Gasteiger partial charge in [0.1, 0.15) is 5.75 Å². The van der Waals surface area contributed by atoms with E-state index in [1.54, 1.807) is 0 Å². The van der Waals surface area contributed by atoms with Crippen LogP contribution in [0.25, 0.3) is 0 Å². The molecular weight excluding hydrogens is 274 g/mol. The maximum absolute atomic E-state index is 11.7. The number of nitrogens with two attached hydrogens (primary N) is 1. The minimum atomic E-state index is -4.80. The van der Waals surface area contributed by atoms with Crippen LogP contribution in [0.15, 0.2) is 29.2 Å². The summed E-state index contributed by atoms with van der Waals surface area (Å²) in [6.07, 6.45) is -4.80. The molecule has 0 radical (unpaired) electrons. The van der Waals surface area contributed by atoms with Crippen LogP contribution in [0, 0.1) is 0 Å². The van der Waals surface area contributed by atoms with Crippen LogP contribution in [0.5, 0.6) is 5.75 Å². The fraction of sp³-hybridized carbons (Fsp3) is 0.143. The number of sulfonamides is 1. The van der Waals surface area contributed by atoms with Crippen LogP contribution < -0.4 is 61.3 Å². The van der Waals surface area contributed by atoms with Gasteiger partial charge in [0.25, 0.3) is 0 Å². The molecule has 16 heavy (non-hydrogen) atoms. The molecule has 0 aliphatic heterocycles. The van der Waals surface area contributed by atoms with Crippen molar-refractivity contribution in [2.24, 2.45) is 5.14 Å². The van der Waals surface area contributed by atoms with Crippen LogP contribution in [-0.2, 0) is 10.0 Å². The minimum Gasteiger partial charge on any atom is -1.00 e. The number of ether oxygens (including phenoxy) is 1. The average Bonchev–Trinajstić information content (AvgIpc) is 2.00. The Labute approximate surface area is 134 Å². The second kappa shape index (κ2) is 5.80. The smallest absolute Gasteiger partial charge is 1.00 e. The quantitative estimate of drug-likeness (QED) is 0.660. The summed E-state index contributed by atoms with van der Waals surface area (Å²) in [7, 11) is -3.90. The van der Waals surface area contributed by atoms with E-state index in [1.165, 1.54) is 0 Å². The Balaban J connectivity index is 0. The molecular formula is C7H7F3KNO3S. The summed E-state index contributed by atoms with van der Waals surface area (Å²) in [5.41, 5.74) is 0. The molecule has 0 atom stereocenters. The van der Waals surface area contributed by atoms with Gasteiger partial charge >= 0.3 is 57.7 Å². The van der Waals surface area contributed by atoms with Crippen molar-refractivity contribution in [3.63, 3.8) is 0 Å². The fourth-order valence-corrected chi connectivity index (χ4v) is 1.35. The number of rotatable bonds is 2. The molecule has 1 rings (SSSR count). The predicted octanol–water partition coefficient (Wildman–Crippen LogP) is -1.65. The number of primary sulfonamides is 1. The van der Waals surface area contributed by atoms with Crippen molar-refractivity contribution < 1.29 is 79.1 Å². The molecule has 4 nitrogen and oxygen atoms in total. The SMILES string of the molecule is NS(=O)(=O)c1ccc(OC(F)(F)F)cc1.[H-].[K+]. The van der Waals surface area contributed by atoms with E-state index in [1.807, 2.05) is 0 Å². The topological polar surface area (TPSA) is 69.4 Å². The Bertz CT molecular complexity index is 448. The van der Waals surface area contributed by atoms with Crippen molar-refractivity contribution in [3.05, 3.63) is 24.3 Å². The average molecular weight is 281 g/mol. The number of hydrogen-bond acceptors (Lipinski definition) is 3. The summed E-state index contributed by atoms with van der Waals surface area (Å²) >= 11 is 0. The molecule has 0 amide bonds. The van der Waals surface area contributed by atoms with Crippen molar-refractivity contribution in [2.75, 3.05) is 0 Å². The van der Waals surface area contributed by atoms with Gasteiger partial charge in [-0.2, -0.15) is 0 Å². The van der Waals surface area contributed by atoms with Crippen LogP contribution >= 0.6 is 0 Å². The van der Waals surface area contributed by atoms with E-state index in [9.17, 15) is 21.6 Å². The molecule has 1 aromatic carbocycles. The molecule has 0 saturated heterocycles. The Morgan fingerprint density at radius 2 is 1.62 bits per heavy atom. The van der Waals surface area contributed by atoms with Crippen molar-refractivity contribution in [3.8, 4) is 5.75 Å². The Kier molecular flexibility index (Phi) is 5.93. The van der Waals surface area contributed by atoms with E-state index < -0.39 is 22.1 Å². The first-order chi connectivity index (χ1) is 6.68. The van der Waals surface area contributed by atoms with Crippen LogP contribution in [0.4, 0.5) is 13.2 Å². The maximum atomic E-state index is 11.7. The van der Waals surface area contributed by atoms with E-state index in [0.29, 0.717) is 0 Å². The van der Waals surface area contributed by atoms with Crippen LogP contribution in [0.3, 0.4) is 0 Å². The zero-order chi connectivity index (χ0) is 11.7. The first kappa shape index (κ1) is 16.4. The van der Waals surface area contributed by atoms with E-state index in [4.69, 9.17) is 5.14 Å². The first-order valence-corrected chi connectivity index (χ1v) is 5.12. The number of hydrogen-bond donors (Lipinski definition) is 1. The molecule has 0 bridgehead atoms. The summed E-state index contributed by atoms with van der Waals surface area (Å²) in [6, 6.07) is 3.59. The number of alkyl halides is 3. The maximum Gasteiger partial charge on any atom is 1.00 e. The molecule has 0 fully saturated rings. The van der Waals surface area contributed by atoms with Gasteiger partial charge in [-0.25, -0.2) is 13.6 Å². The molecule has 86 valence electrons.